The average Bonchev–Trinajstić information content (AvgIpc) is 2.79. The number of nitrogens with zero attached hydrogens (tertiary/aromatic N) is 4. The van der Waals surface area contributed by atoms with Gasteiger partial charge in [0.05, 0.1) is 31.0 Å². The van der Waals surface area contributed by atoms with Crippen molar-refractivity contribution in [2.45, 2.75) is 24.9 Å². The number of ether oxygens (including phenoxy) is 1. The summed E-state index contributed by atoms with van der Waals surface area (Å²) in [6.07, 6.45) is -1.22. The number of hydrogen-bond acceptors (Lipinski definition) is 6. The molecular formula is C22H26F3N5O2. The van der Waals surface area contributed by atoms with Gasteiger partial charge in [-0.2, -0.15) is 13.2 Å². The maximum Gasteiger partial charge on any atom is 0.416 e. The van der Waals surface area contributed by atoms with Crippen LogP contribution in [0.4, 0.5) is 19.1 Å². The Hall–Kier alpha value is -2.72. The molecule has 10 heteroatoms. The molecule has 172 valence electrons. The monoisotopic (exact) mass is 449 g/mol. The van der Waals surface area contributed by atoms with E-state index in [4.69, 9.17) is 10.5 Å². The van der Waals surface area contributed by atoms with Gasteiger partial charge in [0.2, 0.25) is 11.9 Å². The van der Waals surface area contributed by atoms with Crippen molar-refractivity contribution < 1.29 is 22.7 Å². The van der Waals surface area contributed by atoms with Gasteiger partial charge in [0, 0.05) is 43.9 Å². The average molecular weight is 449 g/mol. The van der Waals surface area contributed by atoms with Crippen LogP contribution in [0.5, 0.6) is 0 Å². The lowest BCUT2D eigenvalue weighted by atomic mass is 9.89. The number of nitrogen functional groups attached to an aromatic ring is 1. The number of alkyl halides is 3. The number of rotatable bonds is 4. The molecule has 1 aromatic carbocycles. The van der Waals surface area contributed by atoms with Crippen molar-refractivity contribution >= 4 is 11.9 Å². The van der Waals surface area contributed by atoms with Gasteiger partial charge in [0.15, 0.2) is 0 Å². The topological polar surface area (TPSA) is 84.6 Å². The van der Waals surface area contributed by atoms with E-state index in [-0.39, 0.29) is 17.8 Å². The summed E-state index contributed by atoms with van der Waals surface area (Å²) in [6.45, 7) is 4.27. The van der Waals surface area contributed by atoms with Crippen molar-refractivity contribution in [1.82, 2.24) is 19.8 Å². The fourth-order valence-corrected chi connectivity index (χ4v) is 4.26. The molecule has 2 saturated heterocycles. The zero-order chi connectivity index (χ0) is 22.7. The van der Waals surface area contributed by atoms with Crippen LogP contribution in [-0.2, 0) is 15.7 Å². The summed E-state index contributed by atoms with van der Waals surface area (Å²) < 4.78 is 44.2. The molecule has 7 nitrogen and oxygen atoms in total. The van der Waals surface area contributed by atoms with E-state index in [0.29, 0.717) is 49.7 Å². The van der Waals surface area contributed by atoms with Gasteiger partial charge in [-0.15, -0.1) is 0 Å². The quantitative estimate of drug-likeness (QED) is 0.773. The highest BCUT2D eigenvalue weighted by molar-refractivity contribution is 5.78. The van der Waals surface area contributed by atoms with E-state index in [0.717, 1.165) is 38.1 Å². The molecule has 0 saturated carbocycles. The summed E-state index contributed by atoms with van der Waals surface area (Å²) in [7, 11) is 0. The normalized spacial score (nSPS) is 20.3. The molecule has 2 aromatic rings. The molecule has 1 amide bonds. The van der Waals surface area contributed by atoms with E-state index >= 15 is 0 Å². The third kappa shape index (κ3) is 5.18. The van der Waals surface area contributed by atoms with Crippen LogP contribution in [0.25, 0.3) is 11.1 Å². The van der Waals surface area contributed by atoms with Crippen molar-refractivity contribution in [3.05, 3.63) is 41.7 Å². The fraction of sp³-hybridized carbons (Fsp3) is 0.500. The van der Waals surface area contributed by atoms with E-state index in [1.807, 2.05) is 4.90 Å². The second kappa shape index (κ2) is 9.41. The van der Waals surface area contributed by atoms with Crippen molar-refractivity contribution in [3.63, 3.8) is 0 Å². The highest BCUT2D eigenvalue weighted by atomic mass is 19.4. The minimum atomic E-state index is -4.40. The second-order valence-corrected chi connectivity index (χ2v) is 8.17. The molecule has 0 radical (unpaired) electrons. The molecule has 2 aliphatic rings. The molecule has 0 bridgehead atoms. The van der Waals surface area contributed by atoms with E-state index in [1.165, 1.54) is 12.1 Å². The largest absolute Gasteiger partial charge is 0.416 e. The minimum Gasteiger partial charge on any atom is -0.379 e. The van der Waals surface area contributed by atoms with Crippen LogP contribution in [0, 0.1) is 0 Å². The summed E-state index contributed by atoms with van der Waals surface area (Å²) in [6, 6.07) is 4.94. The van der Waals surface area contributed by atoms with Crippen molar-refractivity contribution in [1.29, 1.82) is 0 Å². The van der Waals surface area contributed by atoms with Gasteiger partial charge in [0.25, 0.3) is 0 Å². The Bertz CT molecular complexity index is 946. The maximum absolute atomic E-state index is 12.9. The number of amides is 1. The zero-order valence-electron chi connectivity index (χ0n) is 17.6. The van der Waals surface area contributed by atoms with Gasteiger partial charge in [-0.3, -0.25) is 9.69 Å². The Morgan fingerprint density at radius 2 is 1.88 bits per heavy atom. The van der Waals surface area contributed by atoms with Crippen LogP contribution in [0.1, 0.15) is 30.0 Å². The highest BCUT2D eigenvalue weighted by Crippen LogP contribution is 2.35. The van der Waals surface area contributed by atoms with Gasteiger partial charge in [0.1, 0.15) is 0 Å². The van der Waals surface area contributed by atoms with E-state index in [2.05, 4.69) is 14.9 Å². The first-order valence-corrected chi connectivity index (χ1v) is 10.7. The number of carbonyl (C=O) groups excluding carboxylic acids is 1. The minimum absolute atomic E-state index is 0.0645. The Labute approximate surface area is 184 Å². The van der Waals surface area contributed by atoms with Crippen molar-refractivity contribution in [2.75, 3.05) is 51.7 Å². The van der Waals surface area contributed by atoms with Crippen molar-refractivity contribution in [2.24, 2.45) is 0 Å². The number of benzene rings is 1. The highest BCUT2D eigenvalue weighted by Gasteiger charge is 2.31. The summed E-state index contributed by atoms with van der Waals surface area (Å²) in [5, 5.41) is 0. The zero-order valence-corrected chi connectivity index (χ0v) is 17.6. The first-order chi connectivity index (χ1) is 15.3. The number of hydrogen-bond donors (Lipinski definition) is 1. The molecule has 2 fully saturated rings. The van der Waals surface area contributed by atoms with Crippen LogP contribution in [0.15, 0.2) is 30.5 Å². The molecule has 3 heterocycles. The molecular weight excluding hydrogens is 423 g/mol. The molecule has 0 spiro atoms. The Kier molecular flexibility index (Phi) is 6.61. The Morgan fingerprint density at radius 3 is 2.56 bits per heavy atom. The number of likely N-dealkylation sites (tertiary alicyclic amines) is 1. The lowest BCUT2D eigenvalue weighted by Gasteiger charge is -2.35. The third-order valence-electron chi connectivity index (χ3n) is 5.98. The first kappa shape index (κ1) is 22.5. The molecule has 4 rings (SSSR count). The number of morpholine rings is 1. The predicted octanol–water partition coefficient (Wildman–Crippen LogP) is 2.78. The fourth-order valence-electron chi connectivity index (χ4n) is 4.26. The van der Waals surface area contributed by atoms with Gasteiger partial charge in [-0.25, -0.2) is 9.97 Å². The molecule has 0 unspecified atom stereocenters. The number of halogens is 3. The van der Waals surface area contributed by atoms with E-state index in [1.54, 1.807) is 6.20 Å². The summed E-state index contributed by atoms with van der Waals surface area (Å²) in [5.74, 6) is 0.0992. The van der Waals surface area contributed by atoms with Crippen LogP contribution >= 0.6 is 0 Å². The molecule has 32 heavy (non-hydrogen) atoms. The van der Waals surface area contributed by atoms with Gasteiger partial charge < -0.3 is 15.4 Å². The number of carbonyl (C=O) groups is 1. The maximum atomic E-state index is 12.9. The SMILES string of the molecule is Nc1ncc(-c2ccc(C(F)(F)F)cc2)c([C@H]2CCCN(C(=O)CN3CCOCC3)C2)n1. The standard InChI is InChI=1S/C22H26F3N5O2/c23-22(24,25)17-5-3-15(4-6-17)18-12-27-21(26)28-20(18)16-2-1-7-30(13-16)19(31)14-29-8-10-32-11-9-29/h3-6,12,16H,1-2,7-11,13-14H2,(H2,26,27,28)/t16-/m0/s1. The Morgan fingerprint density at radius 1 is 1.16 bits per heavy atom. The Balaban J connectivity index is 1.53. The molecule has 1 aromatic heterocycles. The molecule has 1 atom stereocenters. The smallest absolute Gasteiger partial charge is 0.379 e. The van der Waals surface area contributed by atoms with Crippen LogP contribution < -0.4 is 5.73 Å². The summed E-state index contributed by atoms with van der Waals surface area (Å²) >= 11 is 0. The number of aromatic nitrogens is 2. The van der Waals surface area contributed by atoms with Gasteiger partial charge in [-0.05, 0) is 30.5 Å². The first-order valence-electron chi connectivity index (χ1n) is 10.7. The number of anilines is 1. The summed E-state index contributed by atoms with van der Waals surface area (Å²) in [4.78, 5) is 25.3. The van der Waals surface area contributed by atoms with E-state index < -0.39 is 11.7 Å². The van der Waals surface area contributed by atoms with Crippen LogP contribution in [0.3, 0.4) is 0 Å². The lowest BCUT2D eigenvalue weighted by molar-refractivity contribution is -0.137. The van der Waals surface area contributed by atoms with Crippen LogP contribution in [0.2, 0.25) is 0 Å². The second-order valence-electron chi connectivity index (χ2n) is 8.17. The lowest BCUT2D eigenvalue weighted by Crippen LogP contribution is -2.47. The molecule has 2 aliphatic heterocycles. The predicted molar refractivity (Wildman–Crippen MR) is 113 cm³/mol. The molecule has 2 N–H and O–H groups in total. The van der Waals surface area contributed by atoms with Gasteiger partial charge >= 0.3 is 6.18 Å². The number of piperidine rings is 1. The summed E-state index contributed by atoms with van der Waals surface area (Å²) in [5.41, 5.74) is 7.02. The van der Waals surface area contributed by atoms with Crippen molar-refractivity contribution in [3.8, 4) is 11.1 Å². The van der Waals surface area contributed by atoms with Gasteiger partial charge in [-0.1, -0.05) is 12.1 Å². The third-order valence-corrected chi connectivity index (χ3v) is 5.98. The van der Waals surface area contributed by atoms with E-state index in [9.17, 15) is 18.0 Å². The molecule has 0 aliphatic carbocycles. The number of nitrogens with two attached hydrogens (primary N) is 1. The van der Waals surface area contributed by atoms with Crippen LogP contribution in [-0.4, -0.2) is 71.6 Å².